The van der Waals surface area contributed by atoms with Gasteiger partial charge in [0, 0.05) is 23.1 Å². The van der Waals surface area contributed by atoms with Crippen LogP contribution in [-0.4, -0.2) is 40.0 Å². The second-order valence-electron chi connectivity index (χ2n) is 7.64. The first kappa shape index (κ1) is 20.9. The summed E-state index contributed by atoms with van der Waals surface area (Å²) < 4.78 is 12.7. The fourth-order valence-corrected chi connectivity index (χ4v) is 3.87. The Bertz CT molecular complexity index is 978. The fourth-order valence-electron chi connectivity index (χ4n) is 3.87. The van der Waals surface area contributed by atoms with Crippen LogP contribution in [0.15, 0.2) is 6.07 Å². The molecule has 1 aliphatic carbocycles. The topological polar surface area (TPSA) is 90.4 Å². The number of hydrogen-bond donors (Lipinski definition) is 1. The molecule has 1 saturated carbocycles. The van der Waals surface area contributed by atoms with E-state index in [1.807, 2.05) is 19.9 Å². The first-order valence-electron chi connectivity index (χ1n) is 9.97. The molecule has 0 amide bonds. The van der Waals surface area contributed by atoms with E-state index in [1.165, 1.54) is 0 Å². The molecule has 0 radical (unpaired) electrons. The van der Waals surface area contributed by atoms with Crippen LogP contribution in [0.5, 0.6) is 0 Å². The van der Waals surface area contributed by atoms with Gasteiger partial charge >= 0.3 is 11.9 Å². The van der Waals surface area contributed by atoms with Gasteiger partial charge in [0.25, 0.3) is 0 Å². The number of carbonyl (C=O) groups excluding carboxylic acids is 3. The molecule has 2 aromatic rings. The van der Waals surface area contributed by atoms with E-state index in [1.54, 1.807) is 27.7 Å². The second kappa shape index (κ2) is 7.89. The molecule has 7 nitrogen and oxygen atoms in total. The number of carbonyl (C=O) groups is 3. The second-order valence-corrected chi connectivity index (χ2v) is 7.64. The maximum absolute atomic E-state index is 12.9. The molecule has 1 atom stereocenters. The van der Waals surface area contributed by atoms with E-state index in [0.717, 1.165) is 24.2 Å². The van der Waals surface area contributed by atoms with Crippen molar-refractivity contribution in [1.29, 1.82) is 0 Å². The summed E-state index contributed by atoms with van der Waals surface area (Å²) in [6.45, 7) is 10.8. The lowest BCUT2D eigenvalue weighted by Gasteiger charge is -2.13. The van der Waals surface area contributed by atoms with Gasteiger partial charge in [-0.2, -0.15) is 0 Å². The van der Waals surface area contributed by atoms with Crippen LogP contribution >= 0.6 is 0 Å². The van der Waals surface area contributed by atoms with Gasteiger partial charge in [0.2, 0.25) is 5.78 Å². The summed E-state index contributed by atoms with van der Waals surface area (Å²) in [5.74, 6) is -1.38. The predicted molar refractivity (Wildman–Crippen MR) is 108 cm³/mol. The van der Waals surface area contributed by atoms with E-state index in [-0.39, 0.29) is 18.1 Å². The summed E-state index contributed by atoms with van der Waals surface area (Å²) in [6.07, 6.45) is 1.25. The monoisotopic (exact) mass is 400 g/mol. The number of aryl methyl sites for hydroxylation is 2. The number of H-pyrrole nitrogens is 1. The number of hydrogen-bond acceptors (Lipinski definition) is 5. The highest BCUT2D eigenvalue weighted by molar-refractivity contribution is 6.04. The van der Waals surface area contributed by atoms with Gasteiger partial charge in [-0.1, -0.05) is 0 Å². The van der Waals surface area contributed by atoms with Gasteiger partial charge in [-0.3, -0.25) is 4.79 Å². The Morgan fingerprint density at radius 3 is 2.41 bits per heavy atom. The fraction of sp³-hybridized carbons (Fsp3) is 0.500. The molecule has 3 rings (SSSR count). The van der Waals surface area contributed by atoms with Gasteiger partial charge < -0.3 is 19.0 Å². The van der Waals surface area contributed by atoms with Crippen molar-refractivity contribution in [3.63, 3.8) is 0 Å². The number of nitrogens with one attached hydrogen (secondary N) is 1. The van der Waals surface area contributed by atoms with Crippen LogP contribution in [0.3, 0.4) is 0 Å². The van der Waals surface area contributed by atoms with Gasteiger partial charge in [0.05, 0.1) is 23.4 Å². The van der Waals surface area contributed by atoms with E-state index in [4.69, 9.17) is 9.47 Å². The molecule has 2 aromatic heterocycles. The van der Waals surface area contributed by atoms with E-state index < -0.39 is 18.0 Å². The maximum atomic E-state index is 12.9. The zero-order chi connectivity index (χ0) is 21.5. The summed E-state index contributed by atoms with van der Waals surface area (Å²) >= 11 is 0. The Labute approximate surface area is 170 Å². The van der Waals surface area contributed by atoms with Crippen molar-refractivity contribution < 1.29 is 23.9 Å². The number of aromatic amines is 1. The molecule has 0 aliphatic heterocycles. The Kier molecular flexibility index (Phi) is 5.68. The molecule has 0 unspecified atom stereocenters. The van der Waals surface area contributed by atoms with Crippen LogP contribution in [0, 0.1) is 27.7 Å². The number of ether oxygens (including phenoxy) is 2. The molecule has 29 heavy (non-hydrogen) atoms. The van der Waals surface area contributed by atoms with E-state index in [2.05, 4.69) is 9.55 Å². The average Bonchev–Trinajstić information content (AvgIpc) is 3.37. The van der Waals surface area contributed by atoms with Crippen molar-refractivity contribution in [3.05, 3.63) is 45.5 Å². The summed E-state index contributed by atoms with van der Waals surface area (Å²) in [7, 11) is 0. The van der Waals surface area contributed by atoms with Crippen LogP contribution in [0.1, 0.15) is 86.6 Å². The highest BCUT2D eigenvalue weighted by Crippen LogP contribution is 2.38. The smallest absolute Gasteiger partial charge is 0.340 e. The van der Waals surface area contributed by atoms with E-state index >= 15 is 0 Å². The van der Waals surface area contributed by atoms with Crippen molar-refractivity contribution in [3.8, 4) is 0 Å². The van der Waals surface area contributed by atoms with Crippen molar-refractivity contribution in [2.45, 2.75) is 66.5 Å². The Hall–Kier alpha value is -2.83. The van der Waals surface area contributed by atoms with Gasteiger partial charge in [-0.05, 0) is 66.0 Å². The SMILES string of the molecule is CCOC(=O)c1c(C)[nH]c(C(=O)[C@H](C)OC(=O)c2cc(C)n(C3CC3)c2C)c1C. The largest absolute Gasteiger partial charge is 0.462 e. The summed E-state index contributed by atoms with van der Waals surface area (Å²) in [6, 6.07) is 2.28. The lowest BCUT2D eigenvalue weighted by Crippen LogP contribution is -2.25. The molecule has 0 spiro atoms. The van der Waals surface area contributed by atoms with Crippen LogP contribution < -0.4 is 0 Å². The summed E-state index contributed by atoms with van der Waals surface area (Å²) in [5, 5.41) is 0. The molecule has 1 N–H and O–H groups in total. The lowest BCUT2D eigenvalue weighted by molar-refractivity contribution is 0.0315. The van der Waals surface area contributed by atoms with Crippen LogP contribution in [0.25, 0.3) is 0 Å². The highest BCUT2D eigenvalue weighted by Gasteiger charge is 2.31. The normalized spacial score (nSPS) is 14.6. The third kappa shape index (κ3) is 3.86. The van der Waals surface area contributed by atoms with E-state index in [9.17, 15) is 14.4 Å². The number of nitrogens with zero attached hydrogens (tertiary/aromatic N) is 1. The summed E-state index contributed by atoms with van der Waals surface area (Å²) in [4.78, 5) is 40.7. The molecule has 0 saturated heterocycles. The third-order valence-corrected chi connectivity index (χ3v) is 5.43. The number of esters is 2. The van der Waals surface area contributed by atoms with E-state index in [0.29, 0.717) is 28.4 Å². The minimum absolute atomic E-state index is 0.249. The highest BCUT2D eigenvalue weighted by atomic mass is 16.5. The number of aromatic nitrogens is 2. The minimum Gasteiger partial charge on any atom is -0.462 e. The molecule has 7 heteroatoms. The molecular formula is C22H28N2O5. The quantitative estimate of drug-likeness (QED) is 0.561. The first-order chi connectivity index (χ1) is 13.7. The van der Waals surface area contributed by atoms with Gasteiger partial charge in [0.15, 0.2) is 6.10 Å². The van der Waals surface area contributed by atoms with Crippen molar-refractivity contribution in [1.82, 2.24) is 9.55 Å². The van der Waals surface area contributed by atoms with Crippen LogP contribution in [0.2, 0.25) is 0 Å². The zero-order valence-electron chi connectivity index (χ0n) is 17.8. The van der Waals surface area contributed by atoms with Crippen molar-refractivity contribution >= 4 is 17.7 Å². The number of Topliss-reactive ketones (excluding diaryl/α,β-unsaturated/α-hetero) is 1. The van der Waals surface area contributed by atoms with Crippen LogP contribution in [-0.2, 0) is 9.47 Å². The third-order valence-electron chi connectivity index (χ3n) is 5.43. The zero-order valence-corrected chi connectivity index (χ0v) is 17.8. The molecule has 156 valence electrons. The lowest BCUT2D eigenvalue weighted by atomic mass is 10.1. The van der Waals surface area contributed by atoms with Crippen molar-refractivity contribution in [2.75, 3.05) is 6.61 Å². The Morgan fingerprint density at radius 2 is 1.83 bits per heavy atom. The van der Waals surface area contributed by atoms with Gasteiger partial charge in [-0.15, -0.1) is 0 Å². The minimum atomic E-state index is -0.988. The molecular weight excluding hydrogens is 372 g/mol. The number of rotatable bonds is 7. The number of ketones is 1. The van der Waals surface area contributed by atoms with Crippen LogP contribution in [0.4, 0.5) is 0 Å². The van der Waals surface area contributed by atoms with Crippen molar-refractivity contribution in [2.24, 2.45) is 0 Å². The first-order valence-corrected chi connectivity index (χ1v) is 9.97. The molecule has 1 fully saturated rings. The molecule has 0 aromatic carbocycles. The predicted octanol–water partition coefficient (Wildman–Crippen LogP) is 3.99. The summed E-state index contributed by atoms with van der Waals surface area (Å²) in [5.41, 5.74) is 4.03. The molecule has 0 bridgehead atoms. The molecule has 1 aliphatic rings. The maximum Gasteiger partial charge on any atom is 0.340 e. The average molecular weight is 400 g/mol. The van der Waals surface area contributed by atoms with Gasteiger partial charge in [-0.25, -0.2) is 9.59 Å². The van der Waals surface area contributed by atoms with Gasteiger partial charge in [0.1, 0.15) is 0 Å². The standard InChI is InChI=1S/C22H28N2O5/c1-7-28-22(27)18-12(3)19(23-13(18)4)20(25)15(6)29-21(26)17-10-11(2)24(14(17)5)16-8-9-16/h10,15-16,23H,7-9H2,1-6H3/t15-/m0/s1. The Morgan fingerprint density at radius 1 is 1.17 bits per heavy atom. The Balaban J connectivity index is 1.78. The molecule has 2 heterocycles.